The van der Waals surface area contributed by atoms with Crippen LogP contribution in [0.15, 0.2) is 24.3 Å². The number of nitrogens with two attached hydrogens (primary N) is 1. The molecule has 0 amide bonds. The second-order valence-electron chi connectivity index (χ2n) is 4.83. The van der Waals surface area contributed by atoms with E-state index in [-0.39, 0.29) is 12.1 Å². The fourth-order valence-electron chi connectivity index (χ4n) is 2.04. The summed E-state index contributed by atoms with van der Waals surface area (Å²) < 4.78 is 16.3. The van der Waals surface area contributed by atoms with Crippen molar-refractivity contribution < 1.29 is 14.2 Å². The highest BCUT2D eigenvalue weighted by atomic mass is 16.5. The summed E-state index contributed by atoms with van der Waals surface area (Å²) in [6, 6.07) is 8.22. The lowest BCUT2D eigenvalue weighted by molar-refractivity contribution is -0.0168. The molecule has 0 aliphatic heterocycles. The molecule has 0 heterocycles. The van der Waals surface area contributed by atoms with E-state index in [1.807, 2.05) is 12.1 Å². The highest BCUT2D eigenvalue weighted by Gasteiger charge is 2.20. The highest BCUT2D eigenvalue weighted by Crippen LogP contribution is 2.24. The lowest BCUT2D eigenvalue weighted by Gasteiger charge is -2.25. The third-order valence-corrected chi connectivity index (χ3v) is 3.31. The van der Waals surface area contributed by atoms with Crippen LogP contribution in [-0.4, -0.2) is 39.6 Å². The van der Waals surface area contributed by atoms with E-state index in [4.69, 9.17) is 19.9 Å². The molecule has 20 heavy (non-hydrogen) atoms. The van der Waals surface area contributed by atoms with Crippen LogP contribution < -0.4 is 5.73 Å². The van der Waals surface area contributed by atoms with E-state index in [2.05, 4.69) is 26.0 Å². The maximum Gasteiger partial charge on any atom is 0.0979 e. The van der Waals surface area contributed by atoms with Gasteiger partial charge in [-0.25, -0.2) is 0 Å². The Morgan fingerprint density at radius 1 is 1.10 bits per heavy atom. The van der Waals surface area contributed by atoms with Gasteiger partial charge in [-0.3, -0.25) is 0 Å². The molecular weight excluding hydrogens is 254 g/mol. The van der Waals surface area contributed by atoms with Gasteiger partial charge in [-0.15, -0.1) is 0 Å². The third kappa shape index (κ3) is 5.59. The molecule has 0 radical (unpaired) electrons. The highest BCUT2D eigenvalue weighted by molar-refractivity contribution is 5.28. The number of ether oxygens (including phenoxy) is 3. The van der Waals surface area contributed by atoms with Gasteiger partial charge in [0.05, 0.1) is 32.5 Å². The van der Waals surface area contributed by atoms with Crippen molar-refractivity contribution in [3.63, 3.8) is 0 Å². The zero-order valence-electron chi connectivity index (χ0n) is 12.8. The summed E-state index contributed by atoms with van der Waals surface area (Å²) in [7, 11) is 1.66. The average molecular weight is 281 g/mol. The Labute approximate surface area is 122 Å². The molecular formula is C16H27NO3. The quantitative estimate of drug-likeness (QED) is 0.669. The van der Waals surface area contributed by atoms with E-state index in [9.17, 15) is 0 Å². The molecule has 4 heteroatoms. The molecule has 0 bridgehead atoms. The van der Waals surface area contributed by atoms with E-state index in [1.165, 1.54) is 11.1 Å². The molecule has 4 nitrogen and oxygen atoms in total. The van der Waals surface area contributed by atoms with Crippen molar-refractivity contribution in [2.75, 3.05) is 33.5 Å². The zero-order chi connectivity index (χ0) is 14.8. The molecule has 0 saturated heterocycles. The van der Waals surface area contributed by atoms with Crippen LogP contribution in [-0.2, 0) is 14.2 Å². The lowest BCUT2D eigenvalue weighted by Crippen LogP contribution is -2.31. The van der Waals surface area contributed by atoms with Crippen molar-refractivity contribution in [1.29, 1.82) is 0 Å². The van der Waals surface area contributed by atoms with E-state index < -0.39 is 0 Å². The number of benzene rings is 1. The molecule has 0 aliphatic rings. The fourth-order valence-corrected chi connectivity index (χ4v) is 2.04. The molecule has 0 fully saturated rings. The summed E-state index contributed by atoms with van der Waals surface area (Å²) in [6.45, 7) is 6.46. The second-order valence-corrected chi connectivity index (χ2v) is 4.83. The molecule has 2 unspecified atom stereocenters. The topological polar surface area (TPSA) is 53.7 Å². The Kier molecular flexibility index (Phi) is 8.46. The van der Waals surface area contributed by atoms with Gasteiger partial charge in [0.25, 0.3) is 0 Å². The molecule has 1 aromatic rings. The first kappa shape index (κ1) is 17.1. The van der Waals surface area contributed by atoms with E-state index in [0.29, 0.717) is 26.4 Å². The standard InChI is InChI=1S/C16H27NO3/c1-4-15(17)16(14-8-6-5-7-13(14)2)20-12-11-19-10-9-18-3/h5-8,15-16H,4,9-12,17H2,1-3H3. The molecule has 114 valence electrons. The first-order valence-electron chi connectivity index (χ1n) is 7.20. The van der Waals surface area contributed by atoms with Gasteiger partial charge < -0.3 is 19.9 Å². The molecule has 0 saturated carbocycles. The lowest BCUT2D eigenvalue weighted by atomic mass is 9.97. The summed E-state index contributed by atoms with van der Waals surface area (Å²) in [5, 5.41) is 0. The molecule has 1 aromatic carbocycles. The molecule has 2 atom stereocenters. The predicted molar refractivity (Wildman–Crippen MR) is 80.8 cm³/mol. The molecule has 0 aromatic heterocycles. The Morgan fingerprint density at radius 3 is 2.45 bits per heavy atom. The SMILES string of the molecule is CCC(N)C(OCCOCCOC)c1ccccc1C. The largest absolute Gasteiger partial charge is 0.382 e. The maximum absolute atomic E-state index is 6.19. The van der Waals surface area contributed by atoms with Crippen LogP contribution in [0.5, 0.6) is 0 Å². The molecule has 0 spiro atoms. The van der Waals surface area contributed by atoms with Crippen LogP contribution in [0.2, 0.25) is 0 Å². The monoisotopic (exact) mass is 281 g/mol. The fraction of sp³-hybridized carbons (Fsp3) is 0.625. The Morgan fingerprint density at radius 2 is 1.80 bits per heavy atom. The van der Waals surface area contributed by atoms with Gasteiger partial charge in [-0.1, -0.05) is 31.2 Å². The first-order valence-corrected chi connectivity index (χ1v) is 7.20. The van der Waals surface area contributed by atoms with Crippen LogP contribution >= 0.6 is 0 Å². The van der Waals surface area contributed by atoms with Gasteiger partial charge in [-0.2, -0.15) is 0 Å². The van der Waals surface area contributed by atoms with Crippen LogP contribution in [0.4, 0.5) is 0 Å². The number of rotatable bonds is 10. The van der Waals surface area contributed by atoms with Crippen LogP contribution in [0.1, 0.15) is 30.6 Å². The molecule has 2 N–H and O–H groups in total. The molecule has 1 rings (SSSR count). The van der Waals surface area contributed by atoms with Crippen molar-refractivity contribution in [2.45, 2.75) is 32.4 Å². The minimum atomic E-state index is -0.0766. The van der Waals surface area contributed by atoms with Crippen molar-refractivity contribution in [2.24, 2.45) is 5.73 Å². The Hall–Kier alpha value is -0.940. The van der Waals surface area contributed by atoms with Crippen molar-refractivity contribution >= 4 is 0 Å². The molecule has 0 aliphatic carbocycles. The number of aryl methyl sites for hydroxylation is 1. The zero-order valence-corrected chi connectivity index (χ0v) is 12.8. The van der Waals surface area contributed by atoms with Crippen LogP contribution in [0, 0.1) is 6.92 Å². The van der Waals surface area contributed by atoms with Crippen molar-refractivity contribution in [1.82, 2.24) is 0 Å². The number of hydrogen-bond donors (Lipinski definition) is 1. The Balaban J connectivity index is 2.51. The predicted octanol–water partition coefficient (Wildman–Crippen LogP) is 2.45. The minimum absolute atomic E-state index is 0.00456. The normalized spacial score (nSPS) is 14.2. The van der Waals surface area contributed by atoms with Gasteiger partial charge in [0.2, 0.25) is 0 Å². The van der Waals surface area contributed by atoms with E-state index in [0.717, 1.165) is 6.42 Å². The third-order valence-electron chi connectivity index (χ3n) is 3.31. The van der Waals surface area contributed by atoms with Gasteiger partial charge in [0.1, 0.15) is 0 Å². The Bertz CT molecular complexity index is 370. The van der Waals surface area contributed by atoms with Crippen LogP contribution in [0.25, 0.3) is 0 Å². The van der Waals surface area contributed by atoms with Gasteiger partial charge in [0.15, 0.2) is 0 Å². The average Bonchev–Trinajstić information content (AvgIpc) is 2.47. The summed E-state index contributed by atoms with van der Waals surface area (Å²) in [5.41, 5.74) is 8.57. The van der Waals surface area contributed by atoms with Gasteiger partial charge >= 0.3 is 0 Å². The number of methoxy groups -OCH3 is 1. The van der Waals surface area contributed by atoms with Crippen molar-refractivity contribution in [3.05, 3.63) is 35.4 Å². The van der Waals surface area contributed by atoms with Gasteiger partial charge in [-0.05, 0) is 24.5 Å². The maximum atomic E-state index is 6.19. The summed E-state index contributed by atoms with van der Waals surface area (Å²) in [4.78, 5) is 0. The van der Waals surface area contributed by atoms with E-state index >= 15 is 0 Å². The number of hydrogen-bond acceptors (Lipinski definition) is 4. The smallest absolute Gasteiger partial charge is 0.0979 e. The minimum Gasteiger partial charge on any atom is -0.382 e. The summed E-state index contributed by atoms with van der Waals surface area (Å²) in [6.07, 6.45) is 0.802. The van der Waals surface area contributed by atoms with Crippen LogP contribution in [0.3, 0.4) is 0 Å². The van der Waals surface area contributed by atoms with Gasteiger partial charge in [0, 0.05) is 13.2 Å². The second kappa shape index (κ2) is 9.88. The van der Waals surface area contributed by atoms with E-state index in [1.54, 1.807) is 7.11 Å². The van der Waals surface area contributed by atoms with Crippen molar-refractivity contribution in [3.8, 4) is 0 Å². The summed E-state index contributed by atoms with van der Waals surface area (Å²) >= 11 is 0. The first-order chi connectivity index (χ1) is 9.70. The summed E-state index contributed by atoms with van der Waals surface area (Å²) in [5.74, 6) is 0.